The minimum atomic E-state index is 0.0256. The summed E-state index contributed by atoms with van der Waals surface area (Å²) >= 11 is 0. The zero-order chi connectivity index (χ0) is 13.9. The molecule has 1 amide bonds. The van der Waals surface area contributed by atoms with Crippen molar-refractivity contribution in [3.05, 3.63) is 35.5 Å². The van der Waals surface area contributed by atoms with E-state index in [-0.39, 0.29) is 5.91 Å². The van der Waals surface area contributed by atoms with Gasteiger partial charge in [0.2, 0.25) is 0 Å². The molecule has 0 saturated carbocycles. The third kappa shape index (κ3) is 2.57. The quantitative estimate of drug-likeness (QED) is 0.830. The molecule has 20 heavy (non-hydrogen) atoms. The molecule has 3 heterocycles. The van der Waals surface area contributed by atoms with Gasteiger partial charge in [-0.15, -0.1) is 0 Å². The van der Waals surface area contributed by atoms with Crippen LogP contribution >= 0.6 is 0 Å². The number of furan rings is 1. The maximum absolute atomic E-state index is 12.1. The van der Waals surface area contributed by atoms with Crippen LogP contribution in [0.5, 0.6) is 0 Å². The van der Waals surface area contributed by atoms with Crippen molar-refractivity contribution in [2.75, 3.05) is 26.2 Å². The highest BCUT2D eigenvalue weighted by molar-refractivity contribution is 5.93. The first-order valence-electron chi connectivity index (χ1n) is 6.56. The van der Waals surface area contributed by atoms with Crippen molar-refractivity contribution in [2.45, 2.75) is 13.5 Å². The first kappa shape index (κ1) is 12.9. The Kier molecular flexibility index (Phi) is 3.51. The number of carbonyl (C=O) groups is 1. The number of piperazine rings is 1. The van der Waals surface area contributed by atoms with E-state index in [9.17, 15) is 4.79 Å². The summed E-state index contributed by atoms with van der Waals surface area (Å²) in [6.45, 7) is 5.63. The van der Waals surface area contributed by atoms with Crippen LogP contribution < -0.4 is 0 Å². The number of hydrogen-bond acceptors (Lipinski definition) is 6. The highest BCUT2D eigenvalue weighted by Crippen LogP contribution is 2.12. The summed E-state index contributed by atoms with van der Waals surface area (Å²) in [6, 6.07) is 1.69. The second-order valence-electron chi connectivity index (χ2n) is 4.88. The zero-order valence-electron chi connectivity index (χ0n) is 11.3. The van der Waals surface area contributed by atoms with Gasteiger partial charge in [-0.2, -0.15) is 0 Å². The maximum Gasteiger partial charge on any atom is 0.257 e. The van der Waals surface area contributed by atoms with Crippen LogP contribution in [0.15, 0.2) is 27.6 Å². The van der Waals surface area contributed by atoms with Crippen LogP contribution in [0.1, 0.15) is 21.7 Å². The van der Waals surface area contributed by atoms with Crippen LogP contribution in [0.3, 0.4) is 0 Å². The summed E-state index contributed by atoms with van der Waals surface area (Å²) in [5.41, 5.74) is 2.29. The Hall–Kier alpha value is -2.15. The fraction of sp³-hybridized carbons (Fsp3) is 0.462. The molecule has 1 aliphatic heterocycles. The number of hydrogen-bond donors (Lipinski definition) is 0. The van der Waals surface area contributed by atoms with E-state index in [0.29, 0.717) is 25.2 Å². The molecule has 1 fully saturated rings. The van der Waals surface area contributed by atoms with Gasteiger partial charge in [0, 0.05) is 32.7 Å². The predicted molar refractivity (Wildman–Crippen MR) is 68.9 cm³/mol. The van der Waals surface area contributed by atoms with E-state index in [1.165, 1.54) is 12.5 Å². The minimum Gasteiger partial charge on any atom is -0.472 e. The predicted octanol–water partition coefficient (Wildman–Crippen LogP) is 0.929. The first-order valence-corrected chi connectivity index (χ1v) is 6.56. The van der Waals surface area contributed by atoms with Crippen molar-refractivity contribution in [1.29, 1.82) is 0 Å². The molecule has 1 aliphatic rings. The molecule has 0 unspecified atom stereocenters. The smallest absolute Gasteiger partial charge is 0.257 e. The first-order chi connectivity index (χ1) is 9.74. The number of nitrogens with zero attached hydrogens (tertiary/aromatic N) is 4. The highest BCUT2D eigenvalue weighted by atomic mass is 16.6. The molecule has 2 aromatic heterocycles. The van der Waals surface area contributed by atoms with E-state index >= 15 is 0 Å². The topological polar surface area (TPSA) is 75.6 Å². The summed E-state index contributed by atoms with van der Waals surface area (Å²) in [5, 5.41) is 7.66. The van der Waals surface area contributed by atoms with Gasteiger partial charge >= 0.3 is 0 Å². The van der Waals surface area contributed by atoms with Crippen molar-refractivity contribution < 1.29 is 13.8 Å². The monoisotopic (exact) mass is 276 g/mol. The van der Waals surface area contributed by atoms with Crippen LogP contribution in [-0.4, -0.2) is 52.2 Å². The lowest BCUT2D eigenvalue weighted by molar-refractivity contribution is 0.0624. The van der Waals surface area contributed by atoms with Crippen LogP contribution in [0.2, 0.25) is 0 Å². The minimum absolute atomic E-state index is 0.0256. The van der Waals surface area contributed by atoms with E-state index in [4.69, 9.17) is 9.05 Å². The number of aryl methyl sites for hydroxylation is 1. The van der Waals surface area contributed by atoms with Gasteiger partial charge < -0.3 is 9.32 Å². The van der Waals surface area contributed by atoms with Crippen LogP contribution in [0, 0.1) is 6.92 Å². The maximum atomic E-state index is 12.1. The summed E-state index contributed by atoms with van der Waals surface area (Å²) in [5.74, 6) is 0.0256. The summed E-state index contributed by atoms with van der Waals surface area (Å²) in [6.07, 6.45) is 3.00. The van der Waals surface area contributed by atoms with Crippen LogP contribution in [0.25, 0.3) is 0 Å². The van der Waals surface area contributed by atoms with Gasteiger partial charge in [-0.1, -0.05) is 10.3 Å². The highest BCUT2D eigenvalue weighted by Gasteiger charge is 2.23. The Bertz CT molecular complexity index is 570. The third-order valence-electron chi connectivity index (χ3n) is 3.55. The molecule has 3 rings (SSSR count). The number of carbonyl (C=O) groups excluding carboxylic acids is 1. The normalized spacial score (nSPS) is 16.6. The van der Waals surface area contributed by atoms with E-state index in [2.05, 4.69) is 15.2 Å². The van der Waals surface area contributed by atoms with Gasteiger partial charge in [0.15, 0.2) is 0 Å². The van der Waals surface area contributed by atoms with Gasteiger partial charge in [0.25, 0.3) is 5.91 Å². The molecular weight excluding hydrogens is 260 g/mol. The summed E-state index contributed by atoms with van der Waals surface area (Å²) in [4.78, 5) is 16.2. The number of rotatable bonds is 3. The second kappa shape index (κ2) is 5.46. The summed E-state index contributed by atoms with van der Waals surface area (Å²) in [7, 11) is 0. The largest absolute Gasteiger partial charge is 0.472 e. The molecule has 2 aromatic rings. The fourth-order valence-corrected chi connectivity index (χ4v) is 2.28. The average molecular weight is 276 g/mol. The third-order valence-corrected chi connectivity index (χ3v) is 3.55. The Morgan fingerprint density at radius 3 is 2.70 bits per heavy atom. The molecule has 106 valence electrons. The van der Waals surface area contributed by atoms with E-state index in [1.807, 2.05) is 11.8 Å². The lowest BCUT2D eigenvalue weighted by Crippen LogP contribution is -2.48. The molecular formula is C13H16N4O3. The molecule has 0 bridgehead atoms. The molecule has 0 aromatic carbocycles. The van der Waals surface area contributed by atoms with E-state index < -0.39 is 0 Å². The molecule has 0 atom stereocenters. The molecule has 7 heteroatoms. The van der Waals surface area contributed by atoms with Crippen molar-refractivity contribution >= 4 is 5.91 Å². The SMILES string of the molecule is Cc1nonc1CN1CCN(C(=O)c2ccoc2)CC1. The Morgan fingerprint density at radius 1 is 1.30 bits per heavy atom. The molecule has 7 nitrogen and oxygen atoms in total. The standard InChI is InChI=1S/C13H16N4O3/c1-10-12(15-20-14-10)8-16-3-5-17(6-4-16)13(18)11-2-7-19-9-11/h2,7,9H,3-6,8H2,1H3. The van der Waals surface area contributed by atoms with Crippen LogP contribution in [-0.2, 0) is 6.54 Å². The van der Waals surface area contributed by atoms with Gasteiger partial charge in [-0.05, 0) is 13.0 Å². The lowest BCUT2D eigenvalue weighted by Gasteiger charge is -2.34. The van der Waals surface area contributed by atoms with Gasteiger partial charge in [-0.3, -0.25) is 9.69 Å². The van der Waals surface area contributed by atoms with Crippen molar-refractivity contribution in [3.8, 4) is 0 Å². The van der Waals surface area contributed by atoms with Gasteiger partial charge in [0.1, 0.15) is 17.7 Å². The van der Waals surface area contributed by atoms with Crippen molar-refractivity contribution in [3.63, 3.8) is 0 Å². The molecule has 0 N–H and O–H groups in total. The van der Waals surface area contributed by atoms with E-state index in [1.54, 1.807) is 6.07 Å². The van der Waals surface area contributed by atoms with Gasteiger partial charge in [0.05, 0.1) is 11.8 Å². The number of amides is 1. The molecule has 0 radical (unpaired) electrons. The number of aromatic nitrogens is 2. The fourth-order valence-electron chi connectivity index (χ4n) is 2.28. The zero-order valence-corrected chi connectivity index (χ0v) is 11.3. The second-order valence-corrected chi connectivity index (χ2v) is 4.88. The van der Waals surface area contributed by atoms with Gasteiger partial charge in [-0.25, -0.2) is 4.63 Å². The Balaban J connectivity index is 1.55. The molecule has 0 aliphatic carbocycles. The average Bonchev–Trinajstić information content (AvgIpc) is 3.12. The van der Waals surface area contributed by atoms with Crippen molar-refractivity contribution in [2.24, 2.45) is 0 Å². The molecule has 0 spiro atoms. The van der Waals surface area contributed by atoms with Crippen molar-refractivity contribution in [1.82, 2.24) is 20.1 Å². The summed E-state index contributed by atoms with van der Waals surface area (Å²) < 4.78 is 9.64. The lowest BCUT2D eigenvalue weighted by atomic mass is 10.2. The Labute approximate surface area is 116 Å². The molecule has 1 saturated heterocycles. The van der Waals surface area contributed by atoms with Crippen LogP contribution in [0.4, 0.5) is 0 Å². The Morgan fingerprint density at radius 2 is 2.10 bits per heavy atom. The van der Waals surface area contributed by atoms with E-state index in [0.717, 1.165) is 24.5 Å².